The number of piperidine rings is 1. The Morgan fingerprint density at radius 2 is 1.62 bits per heavy atom. The molecule has 3 aromatic rings. The van der Waals surface area contributed by atoms with E-state index in [-0.39, 0.29) is 24.0 Å². The molecular weight excluding hydrogens is 546 g/mol. The molecule has 3 aliphatic heterocycles. The lowest BCUT2D eigenvalue weighted by Gasteiger charge is -2.31. The number of aromatic nitrogens is 1. The van der Waals surface area contributed by atoms with Crippen LogP contribution in [0.2, 0.25) is 0 Å². The summed E-state index contributed by atoms with van der Waals surface area (Å²) in [4.78, 5) is 20.4. The summed E-state index contributed by atoms with van der Waals surface area (Å²) in [6, 6.07) is 13.1. The molecule has 2 aromatic carbocycles. The van der Waals surface area contributed by atoms with Gasteiger partial charge >= 0.3 is 0 Å². The molecule has 3 saturated heterocycles. The first kappa shape index (κ1) is 29.4. The normalized spacial score (nSPS) is 19.7. The Balaban J connectivity index is 1.20. The molecule has 0 unspecified atom stereocenters. The van der Waals surface area contributed by atoms with Crippen LogP contribution in [0.1, 0.15) is 67.6 Å². The number of hydrogen-bond acceptors (Lipinski definition) is 5. The number of nitrogens with zero attached hydrogens (tertiary/aromatic N) is 3. The van der Waals surface area contributed by atoms with Crippen LogP contribution in [-0.2, 0) is 27.8 Å². The van der Waals surface area contributed by atoms with Crippen LogP contribution in [0.4, 0.5) is 0 Å². The number of hydrogen-bond donors (Lipinski definition) is 2. The van der Waals surface area contributed by atoms with E-state index in [1.165, 1.54) is 36.8 Å². The van der Waals surface area contributed by atoms with Crippen molar-refractivity contribution in [1.29, 1.82) is 0 Å². The molecule has 3 N–H and O–H groups in total. The van der Waals surface area contributed by atoms with Crippen molar-refractivity contribution in [3.63, 3.8) is 0 Å². The van der Waals surface area contributed by atoms with Crippen molar-refractivity contribution >= 4 is 26.8 Å². The fourth-order valence-electron chi connectivity index (χ4n) is 7.26. The fourth-order valence-corrected chi connectivity index (χ4v) is 8.78. The van der Waals surface area contributed by atoms with Crippen LogP contribution in [-0.4, -0.2) is 85.0 Å². The summed E-state index contributed by atoms with van der Waals surface area (Å²) in [6.45, 7) is 7.45. The van der Waals surface area contributed by atoms with E-state index in [4.69, 9.17) is 5.73 Å². The molecule has 4 heterocycles. The van der Waals surface area contributed by atoms with Crippen molar-refractivity contribution in [1.82, 2.24) is 19.1 Å². The predicted molar refractivity (Wildman–Crippen MR) is 169 cm³/mol. The minimum Gasteiger partial charge on any atom is -0.369 e. The van der Waals surface area contributed by atoms with E-state index in [1.54, 1.807) is 4.31 Å². The van der Waals surface area contributed by atoms with Crippen LogP contribution in [0.15, 0.2) is 42.6 Å². The summed E-state index contributed by atoms with van der Waals surface area (Å²) in [5, 5.41) is 1.11. The number of rotatable bonds is 11. The molecular formula is C33H45N5O3S. The number of sulfonamides is 1. The Labute approximate surface area is 250 Å². The highest BCUT2D eigenvalue weighted by molar-refractivity contribution is 7.89. The van der Waals surface area contributed by atoms with E-state index in [1.807, 2.05) is 0 Å². The van der Waals surface area contributed by atoms with Crippen molar-refractivity contribution in [2.75, 3.05) is 51.6 Å². The van der Waals surface area contributed by atoms with Gasteiger partial charge in [-0.2, -0.15) is 0 Å². The van der Waals surface area contributed by atoms with Gasteiger partial charge in [-0.3, -0.25) is 9.69 Å². The van der Waals surface area contributed by atoms with Gasteiger partial charge in [-0.1, -0.05) is 18.2 Å². The smallest absolute Gasteiger partial charge is 0.221 e. The molecule has 0 bridgehead atoms. The highest BCUT2D eigenvalue weighted by Gasteiger charge is 2.30. The van der Waals surface area contributed by atoms with Gasteiger partial charge in [0.05, 0.1) is 12.2 Å². The average molecular weight is 592 g/mol. The lowest BCUT2D eigenvalue weighted by atomic mass is 9.88. The standard InChI is InChI=1S/C33H45N5O3S/c34-32(39)22-29-20-28(27-8-5-7-25(19-27)24-37-13-3-4-14-37)21-30-31(23-35-33(29)30)26-9-16-38(17-10-26)42(40,41)18-6-15-36-11-1-2-12-36/h5,7-8,19-21,23,26,35H,1-4,6,9-18,22,24H2,(H2,34,39). The maximum atomic E-state index is 13.1. The molecule has 0 atom stereocenters. The van der Waals surface area contributed by atoms with Crippen molar-refractivity contribution in [3.05, 3.63) is 59.3 Å². The molecule has 226 valence electrons. The van der Waals surface area contributed by atoms with E-state index in [2.05, 4.69) is 57.4 Å². The van der Waals surface area contributed by atoms with E-state index < -0.39 is 10.0 Å². The Bertz CT molecular complexity index is 1500. The first-order chi connectivity index (χ1) is 20.4. The number of carbonyl (C=O) groups excluding carboxylic acids is 1. The SMILES string of the molecule is NC(=O)Cc1cc(-c2cccc(CN3CCCC3)c2)cc2c(C3CCN(S(=O)(=O)CCCN4CCCC4)CC3)c[nH]c12. The van der Waals surface area contributed by atoms with Crippen molar-refractivity contribution < 1.29 is 13.2 Å². The maximum Gasteiger partial charge on any atom is 0.221 e. The minimum absolute atomic E-state index is 0.172. The van der Waals surface area contributed by atoms with Crippen LogP contribution in [0.5, 0.6) is 0 Å². The summed E-state index contributed by atoms with van der Waals surface area (Å²) in [5.74, 6) is 0.140. The van der Waals surface area contributed by atoms with Crippen LogP contribution in [0.3, 0.4) is 0 Å². The summed E-state index contributed by atoms with van der Waals surface area (Å²) < 4.78 is 27.9. The van der Waals surface area contributed by atoms with Crippen molar-refractivity contribution in [2.24, 2.45) is 5.73 Å². The van der Waals surface area contributed by atoms with Gasteiger partial charge in [-0.15, -0.1) is 0 Å². The second-order valence-electron chi connectivity index (χ2n) is 12.5. The summed E-state index contributed by atoms with van der Waals surface area (Å²) in [6.07, 6.45) is 9.52. The predicted octanol–water partition coefficient (Wildman–Crippen LogP) is 4.45. The third kappa shape index (κ3) is 6.75. The monoisotopic (exact) mass is 591 g/mol. The molecule has 3 aliphatic rings. The minimum atomic E-state index is -3.24. The first-order valence-corrected chi connectivity index (χ1v) is 17.4. The summed E-state index contributed by atoms with van der Waals surface area (Å²) >= 11 is 0. The van der Waals surface area contributed by atoms with Gasteiger partial charge in [-0.05, 0) is 130 Å². The van der Waals surface area contributed by atoms with E-state index >= 15 is 0 Å². The Kier molecular flexibility index (Phi) is 9.00. The second-order valence-corrected chi connectivity index (χ2v) is 14.6. The van der Waals surface area contributed by atoms with E-state index in [0.29, 0.717) is 19.5 Å². The molecule has 0 saturated carbocycles. The number of nitrogens with one attached hydrogen (secondary N) is 1. The quantitative estimate of drug-likeness (QED) is 0.343. The summed E-state index contributed by atoms with van der Waals surface area (Å²) in [7, 11) is -3.24. The topological polar surface area (TPSA) is 103 Å². The van der Waals surface area contributed by atoms with Gasteiger partial charge in [0.15, 0.2) is 0 Å². The highest BCUT2D eigenvalue weighted by atomic mass is 32.2. The molecule has 3 fully saturated rings. The number of likely N-dealkylation sites (tertiary alicyclic amines) is 2. The average Bonchev–Trinajstić information content (AvgIpc) is 3.76. The van der Waals surface area contributed by atoms with E-state index in [0.717, 1.165) is 79.7 Å². The second kappa shape index (κ2) is 12.9. The van der Waals surface area contributed by atoms with Gasteiger partial charge in [-0.25, -0.2) is 12.7 Å². The van der Waals surface area contributed by atoms with Gasteiger partial charge in [0.1, 0.15) is 0 Å². The Morgan fingerprint density at radius 1 is 0.905 bits per heavy atom. The third-order valence-corrected chi connectivity index (χ3v) is 11.5. The van der Waals surface area contributed by atoms with Gasteiger partial charge in [0.25, 0.3) is 0 Å². The molecule has 1 aromatic heterocycles. The van der Waals surface area contributed by atoms with Crippen LogP contribution in [0.25, 0.3) is 22.0 Å². The van der Waals surface area contributed by atoms with Gasteiger partial charge in [0, 0.05) is 36.7 Å². The number of fused-ring (bicyclic) bond motifs is 1. The number of nitrogens with two attached hydrogens (primary N) is 1. The molecule has 6 rings (SSSR count). The molecule has 8 nitrogen and oxygen atoms in total. The van der Waals surface area contributed by atoms with E-state index in [9.17, 15) is 13.2 Å². The molecule has 0 aliphatic carbocycles. The summed E-state index contributed by atoms with van der Waals surface area (Å²) in [5.41, 5.74) is 12.3. The molecule has 42 heavy (non-hydrogen) atoms. The zero-order valence-electron chi connectivity index (χ0n) is 24.7. The number of amides is 1. The Hall–Kier alpha value is -2.72. The first-order valence-electron chi connectivity index (χ1n) is 15.8. The molecule has 0 spiro atoms. The Morgan fingerprint density at radius 3 is 2.33 bits per heavy atom. The lowest BCUT2D eigenvalue weighted by molar-refractivity contribution is -0.117. The molecule has 9 heteroatoms. The zero-order valence-corrected chi connectivity index (χ0v) is 25.5. The number of primary amides is 1. The number of benzene rings is 2. The molecule has 1 amide bonds. The highest BCUT2D eigenvalue weighted by Crippen LogP contribution is 2.37. The van der Waals surface area contributed by atoms with Crippen molar-refractivity contribution in [3.8, 4) is 11.1 Å². The van der Waals surface area contributed by atoms with Crippen LogP contribution < -0.4 is 5.73 Å². The van der Waals surface area contributed by atoms with Crippen LogP contribution >= 0.6 is 0 Å². The number of aromatic amines is 1. The van der Waals surface area contributed by atoms with Crippen molar-refractivity contribution in [2.45, 2.75) is 63.8 Å². The van der Waals surface area contributed by atoms with Gasteiger partial charge in [0.2, 0.25) is 15.9 Å². The maximum absolute atomic E-state index is 13.1. The van der Waals surface area contributed by atoms with Crippen LogP contribution in [0, 0.1) is 0 Å². The third-order valence-electron chi connectivity index (χ3n) is 9.50. The fraction of sp³-hybridized carbons (Fsp3) is 0.545. The lowest BCUT2D eigenvalue weighted by Crippen LogP contribution is -2.39. The number of carbonyl (C=O) groups is 1. The van der Waals surface area contributed by atoms with Gasteiger partial charge < -0.3 is 15.6 Å². The number of H-pyrrole nitrogens is 1. The largest absolute Gasteiger partial charge is 0.369 e. The molecule has 0 radical (unpaired) electrons. The zero-order chi connectivity index (χ0) is 29.1.